The SMILES string of the molecule is COc1cncc(C)c1C#N. The minimum atomic E-state index is 0.535. The quantitative estimate of drug-likeness (QED) is 0.602. The van der Waals surface area contributed by atoms with Crippen molar-refractivity contribution in [1.29, 1.82) is 5.26 Å². The van der Waals surface area contributed by atoms with Gasteiger partial charge in [0.2, 0.25) is 0 Å². The molecule has 0 amide bonds. The first-order valence-electron chi connectivity index (χ1n) is 3.18. The van der Waals surface area contributed by atoms with Crippen molar-refractivity contribution in [3.05, 3.63) is 23.5 Å². The van der Waals surface area contributed by atoms with Crippen LogP contribution in [0.5, 0.6) is 5.75 Å². The van der Waals surface area contributed by atoms with Crippen LogP contribution in [0, 0.1) is 18.3 Å². The number of rotatable bonds is 1. The molecule has 3 heteroatoms. The summed E-state index contributed by atoms with van der Waals surface area (Å²) in [5.41, 5.74) is 1.40. The lowest BCUT2D eigenvalue weighted by atomic mass is 10.2. The monoisotopic (exact) mass is 148 g/mol. The van der Waals surface area contributed by atoms with Crippen LogP contribution in [0.4, 0.5) is 0 Å². The maximum Gasteiger partial charge on any atom is 0.155 e. The van der Waals surface area contributed by atoms with E-state index in [2.05, 4.69) is 4.98 Å². The highest BCUT2D eigenvalue weighted by Gasteiger charge is 2.03. The Hall–Kier alpha value is -1.56. The average Bonchev–Trinajstić information content (AvgIpc) is 2.04. The van der Waals surface area contributed by atoms with Crippen molar-refractivity contribution in [2.75, 3.05) is 7.11 Å². The van der Waals surface area contributed by atoms with Crippen LogP contribution in [0.15, 0.2) is 12.4 Å². The van der Waals surface area contributed by atoms with Crippen molar-refractivity contribution in [2.24, 2.45) is 0 Å². The van der Waals surface area contributed by atoms with Gasteiger partial charge >= 0.3 is 0 Å². The molecule has 0 N–H and O–H groups in total. The zero-order valence-electron chi connectivity index (χ0n) is 6.46. The van der Waals surface area contributed by atoms with Gasteiger partial charge in [0.1, 0.15) is 11.6 Å². The minimum absolute atomic E-state index is 0.535. The van der Waals surface area contributed by atoms with E-state index in [0.29, 0.717) is 11.3 Å². The molecule has 0 saturated heterocycles. The van der Waals surface area contributed by atoms with Crippen LogP contribution < -0.4 is 4.74 Å². The summed E-state index contributed by atoms with van der Waals surface area (Å²) in [5.74, 6) is 0.535. The zero-order chi connectivity index (χ0) is 8.27. The van der Waals surface area contributed by atoms with E-state index >= 15 is 0 Å². The first kappa shape index (κ1) is 7.55. The molecular formula is C8H8N2O. The minimum Gasteiger partial charge on any atom is -0.494 e. The molecule has 0 aromatic carbocycles. The Bertz CT molecular complexity index is 301. The second kappa shape index (κ2) is 3.02. The van der Waals surface area contributed by atoms with Crippen molar-refractivity contribution in [3.63, 3.8) is 0 Å². The van der Waals surface area contributed by atoms with Crippen molar-refractivity contribution >= 4 is 0 Å². The third-order valence-corrected chi connectivity index (χ3v) is 1.43. The standard InChI is InChI=1S/C8H8N2O/c1-6-4-10-5-8(11-2)7(6)3-9/h4-5H,1-2H3. The molecule has 0 aliphatic carbocycles. The fraction of sp³-hybridized carbons (Fsp3) is 0.250. The van der Waals surface area contributed by atoms with Gasteiger partial charge in [-0.1, -0.05) is 0 Å². The Morgan fingerprint density at radius 1 is 1.55 bits per heavy atom. The van der Waals surface area contributed by atoms with Gasteiger partial charge in [-0.15, -0.1) is 0 Å². The van der Waals surface area contributed by atoms with Crippen LogP contribution in [0.25, 0.3) is 0 Å². The molecule has 0 saturated carbocycles. The Morgan fingerprint density at radius 3 is 2.73 bits per heavy atom. The normalized spacial score (nSPS) is 8.82. The molecule has 1 aromatic heterocycles. The average molecular weight is 148 g/mol. The van der Waals surface area contributed by atoms with E-state index in [4.69, 9.17) is 10.00 Å². The summed E-state index contributed by atoms with van der Waals surface area (Å²) < 4.78 is 4.93. The van der Waals surface area contributed by atoms with E-state index in [1.54, 1.807) is 6.20 Å². The Kier molecular flexibility index (Phi) is 2.07. The van der Waals surface area contributed by atoms with Crippen LogP contribution in [-0.2, 0) is 0 Å². The lowest BCUT2D eigenvalue weighted by Crippen LogP contribution is -1.91. The summed E-state index contributed by atoms with van der Waals surface area (Å²) in [5, 5.41) is 8.67. The summed E-state index contributed by atoms with van der Waals surface area (Å²) in [6, 6.07) is 2.05. The molecule has 0 atom stereocenters. The number of nitrogens with zero attached hydrogens (tertiary/aromatic N) is 2. The van der Waals surface area contributed by atoms with E-state index in [1.165, 1.54) is 13.3 Å². The molecule has 0 spiro atoms. The molecule has 1 rings (SSSR count). The third-order valence-electron chi connectivity index (χ3n) is 1.43. The van der Waals surface area contributed by atoms with Crippen molar-refractivity contribution in [2.45, 2.75) is 6.92 Å². The number of ether oxygens (including phenoxy) is 1. The van der Waals surface area contributed by atoms with Crippen LogP contribution in [-0.4, -0.2) is 12.1 Å². The highest BCUT2D eigenvalue weighted by molar-refractivity contribution is 5.45. The summed E-state index contributed by atoms with van der Waals surface area (Å²) >= 11 is 0. The van der Waals surface area contributed by atoms with Crippen LogP contribution >= 0.6 is 0 Å². The van der Waals surface area contributed by atoms with E-state index in [-0.39, 0.29) is 0 Å². The molecule has 0 aliphatic rings. The maximum absolute atomic E-state index is 8.67. The summed E-state index contributed by atoms with van der Waals surface area (Å²) in [7, 11) is 1.53. The first-order valence-corrected chi connectivity index (χ1v) is 3.18. The molecule has 1 aromatic rings. The van der Waals surface area contributed by atoms with Gasteiger partial charge in [-0.2, -0.15) is 5.26 Å². The number of hydrogen-bond acceptors (Lipinski definition) is 3. The van der Waals surface area contributed by atoms with Crippen LogP contribution in [0.2, 0.25) is 0 Å². The maximum atomic E-state index is 8.67. The van der Waals surface area contributed by atoms with Crippen molar-refractivity contribution in [1.82, 2.24) is 4.98 Å². The topological polar surface area (TPSA) is 45.9 Å². The van der Waals surface area contributed by atoms with Gasteiger partial charge in [0.25, 0.3) is 0 Å². The van der Waals surface area contributed by atoms with E-state index in [9.17, 15) is 0 Å². The largest absolute Gasteiger partial charge is 0.494 e. The molecule has 1 heterocycles. The van der Waals surface area contributed by atoms with Gasteiger partial charge in [0.15, 0.2) is 5.75 Å². The second-order valence-electron chi connectivity index (χ2n) is 2.15. The van der Waals surface area contributed by atoms with Gasteiger partial charge in [0.05, 0.1) is 13.3 Å². The molecule has 56 valence electrons. The molecule has 0 unspecified atom stereocenters. The van der Waals surface area contributed by atoms with E-state index < -0.39 is 0 Å². The number of methoxy groups -OCH3 is 1. The summed E-state index contributed by atoms with van der Waals surface area (Å²) in [6.45, 7) is 1.83. The van der Waals surface area contributed by atoms with Crippen molar-refractivity contribution < 1.29 is 4.74 Å². The van der Waals surface area contributed by atoms with Gasteiger partial charge in [-0.05, 0) is 12.5 Å². The Balaban J connectivity index is 3.27. The molecular weight excluding hydrogens is 140 g/mol. The number of pyridine rings is 1. The fourth-order valence-corrected chi connectivity index (χ4v) is 0.838. The number of aromatic nitrogens is 1. The van der Waals surface area contributed by atoms with Gasteiger partial charge in [-0.3, -0.25) is 4.98 Å². The predicted octanol–water partition coefficient (Wildman–Crippen LogP) is 1.27. The molecule has 11 heavy (non-hydrogen) atoms. The van der Waals surface area contributed by atoms with Crippen LogP contribution in [0.3, 0.4) is 0 Å². The lowest BCUT2D eigenvalue weighted by molar-refractivity contribution is 0.411. The summed E-state index contributed by atoms with van der Waals surface area (Å²) in [4.78, 5) is 3.89. The summed E-state index contributed by atoms with van der Waals surface area (Å²) in [6.07, 6.45) is 3.17. The van der Waals surface area contributed by atoms with Crippen LogP contribution in [0.1, 0.15) is 11.1 Å². The third kappa shape index (κ3) is 1.30. The van der Waals surface area contributed by atoms with E-state index in [0.717, 1.165) is 5.56 Å². The second-order valence-corrected chi connectivity index (χ2v) is 2.15. The predicted molar refractivity (Wildman–Crippen MR) is 40.2 cm³/mol. The van der Waals surface area contributed by atoms with Crippen molar-refractivity contribution in [3.8, 4) is 11.8 Å². The molecule has 0 radical (unpaired) electrons. The number of aryl methyl sites for hydroxylation is 1. The lowest BCUT2D eigenvalue weighted by Gasteiger charge is -2.02. The highest BCUT2D eigenvalue weighted by Crippen LogP contribution is 2.17. The highest BCUT2D eigenvalue weighted by atomic mass is 16.5. The van der Waals surface area contributed by atoms with Gasteiger partial charge in [0, 0.05) is 6.20 Å². The van der Waals surface area contributed by atoms with Gasteiger partial charge < -0.3 is 4.74 Å². The Morgan fingerprint density at radius 2 is 2.27 bits per heavy atom. The van der Waals surface area contributed by atoms with E-state index in [1.807, 2.05) is 13.0 Å². The number of nitriles is 1. The zero-order valence-corrected chi connectivity index (χ0v) is 6.46. The smallest absolute Gasteiger partial charge is 0.155 e. The molecule has 0 fully saturated rings. The molecule has 0 aliphatic heterocycles. The molecule has 3 nitrogen and oxygen atoms in total. The first-order chi connectivity index (χ1) is 5.29. The number of hydrogen-bond donors (Lipinski definition) is 0. The molecule has 0 bridgehead atoms. The fourth-order valence-electron chi connectivity index (χ4n) is 0.838. The van der Waals surface area contributed by atoms with Gasteiger partial charge in [-0.25, -0.2) is 0 Å². The Labute approximate surface area is 65.3 Å².